The van der Waals surface area contributed by atoms with E-state index in [0.717, 1.165) is 22.1 Å². The quantitative estimate of drug-likeness (QED) is 0.511. The van der Waals surface area contributed by atoms with Crippen LogP contribution in [0.1, 0.15) is 0 Å². The first-order chi connectivity index (χ1) is 13.0. The molecule has 1 N–H and O–H groups in total. The molecule has 3 heterocycles. The normalized spacial score (nSPS) is 11.3. The third-order valence-electron chi connectivity index (χ3n) is 4.21. The van der Waals surface area contributed by atoms with Gasteiger partial charge in [-0.15, -0.1) is 0 Å². The van der Waals surface area contributed by atoms with Crippen molar-refractivity contribution in [2.24, 2.45) is 0 Å². The number of imidazole rings is 1. The molecular weight excluding hydrogens is 385 g/mol. The third kappa shape index (κ3) is 3.48. The van der Waals surface area contributed by atoms with Gasteiger partial charge in [-0.1, -0.05) is 11.6 Å². The van der Waals surface area contributed by atoms with Crippen LogP contribution in [0.3, 0.4) is 0 Å². The van der Waals surface area contributed by atoms with Crippen molar-refractivity contribution in [1.82, 2.24) is 24.5 Å². The minimum atomic E-state index is 0.206. The zero-order valence-electron chi connectivity index (χ0n) is 14.8. The predicted octanol–water partition coefficient (Wildman–Crippen LogP) is 3.86. The number of hydrogen-bond donors (Lipinski definition) is 1. The van der Waals surface area contributed by atoms with Gasteiger partial charge in [-0.05, 0) is 35.9 Å². The lowest BCUT2D eigenvalue weighted by atomic mass is 10.2. The number of nitrogens with zero attached hydrogens (tertiary/aromatic N) is 6. The van der Waals surface area contributed by atoms with Crippen molar-refractivity contribution in [3.8, 4) is 0 Å². The van der Waals surface area contributed by atoms with E-state index in [9.17, 15) is 0 Å². The second kappa shape index (κ2) is 7.17. The number of nitrogens with one attached hydrogen (secondary N) is 1. The fourth-order valence-electron chi connectivity index (χ4n) is 2.97. The SMILES string of the molecule is CN(C)c1nc(Cl)nc2c1ncn2CCNc1ccnc2cc(Cl)ccc12. The number of anilines is 2. The Bertz CT molecular complexity index is 1120. The Hall–Kier alpha value is -2.64. The van der Waals surface area contributed by atoms with E-state index in [2.05, 4.69) is 25.3 Å². The molecule has 0 atom stereocenters. The van der Waals surface area contributed by atoms with E-state index in [0.29, 0.717) is 29.6 Å². The van der Waals surface area contributed by atoms with Gasteiger partial charge in [0.15, 0.2) is 17.0 Å². The van der Waals surface area contributed by atoms with Crippen LogP contribution in [0.15, 0.2) is 36.8 Å². The first-order valence-corrected chi connectivity index (χ1v) is 9.12. The van der Waals surface area contributed by atoms with Gasteiger partial charge in [0.25, 0.3) is 0 Å². The largest absolute Gasteiger partial charge is 0.383 e. The highest BCUT2D eigenvalue weighted by atomic mass is 35.5. The lowest BCUT2D eigenvalue weighted by molar-refractivity contribution is 0.741. The van der Waals surface area contributed by atoms with Crippen LogP contribution in [-0.2, 0) is 6.54 Å². The molecule has 4 aromatic rings. The molecule has 27 heavy (non-hydrogen) atoms. The Kier molecular flexibility index (Phi) is 4.72. The maximum Gasteiger partial charge on any atom is 0.226 e. The molecule has 138 valence electrons. The Morgan fingerprint density at radius 2 is 1.96 bits per heavy atom. The van der Waals surface area contributed by atoms with Crippen LogP contribution in [0, 0.1) is 0 Å². The van der Waals surface area contributed by atoms with Crippen molar-refractivity contribution in [3.05, 3.63) is 47.1 Å². The van der Waals surface area contributed by atoms with Crippen molar-refractivity contribution in [2.75, 3.05) is 30.9 Å². The average Bonchev–Trinajstić information content (AvgIpc) is 3.03. The second-order valence-corrected chi connectivity index (χ2v) is 7.04. The first-order valence-electron chi connectivity index (χ1n) is 8.37. The summed E-state index contributed by atoms with van der Waals surface area (Å²) >= 11 is 12.1. The number of benzene rings is 1. The topological polar surface area (TPSA) is 71.8 Å². The number of aromatic nitrogens is 5. The average molecular weight is 402 g/mol. The molecule has 0 aliphatic carbocycles. The van der Waals surface area contributed by atoms with E-state index in [1.165, 1.54) is 0 Å². The fraction of sp³-hybridized carbons (Fsp3) is 0.222. The number of halogens is 2. The first kappa shape index (κ1) is 17.8. The van der Waals surface area contributed by atoms with Gasteiger partial charge in [-0.2, -0.15) is 9.97 Å². The summed E-state index contributed by atoms with van der Waals surface area (Å²) in [5, 5.41) is 5.35. The zero-order valence-corrected chi connectivity index (χ0v) is 16.3. The summed E-state index contributed by atoms with van der Waals surface area (Å²) < 4.78 is 1.96. The highest BCUT2D eigenvalue weighted by Gasteiger charge is 2.14. The molecule has 4 rings (SSSR count). The highest BCUT2D eigenvalue weighted by Crippen LogP contribution is 2.25. The zero-order chi connectivity index (χ0) is 19.0. The molecule has 3 aromatic heterocycles. The number of fused-ring (bicyclic) bond motifs is 2. The minimum Gasteiger partial charge on any atom is -0.383 e. The summed E-state index contributed by atoms with van der Waals surface area (Å²) in [6, 6.07) is 7.64. The van der Waals surface area contributed by atoms with E-state index in [1.807, 2.05) is 47.8 Å². The molecule has 0 fully saturated rings. The summed E-state index contributed by atoms with van der Waals surface area (Å²) in [6.45, 7) is 1.36. The van der Waals surface area contributed by atoms with Crippen molar-refractivity contribution in [3.63, 3.8) is 0 Å². The third-order valence-corrected chi connectivity index (χ3v) is 4.62. The predicted molar refractivity (Wildman–Crippen MR) is 110 cm³/mol. The maximum atomic E-state index is 6.08. The molecule has 0 saturated heterocycles. The summed E-state index contributed by atoms with van der Waals surface area (Å²) in [7, 11) is 3.80. The minimum absolute atomic E-state index is 0.206. The fourth-order valence-corrected chi connectivity index (χ4v) is 3.29. The molecule has 7 nitrogen and oxygen atoms in total. The van der Waals surface area contributed by atoms with E-state index in [4.69, 9.17) is 23.2 Å². The van der Waals surface area contributed by atoms with Crippen molar-refractivity contribution in [2.45, 2.75) is 6.54 Å². The smallest absolute Gasteiger partial charge is 0.226 e. The van der Waals surface area contributed by atoms with Gasteiger partial charge in [0.2, 0.25) is 5.28 Å². The molecule has 0 radical (unpaired) electrons. The van der Waals surface area contributed by atoms with Crippen LogP contribution in [0.2, 0.25) is 10.3 Å². The Morgan fingerprint density at radius 3 is 2.78 bits per heavy atom. The van der Waals surface area contributed by atoms with Gasteiger partial charge >= 0.3 is 0 Å². The van der Waals surface area contributed by atoms with Crippen LogP contribution in [0.25, 0.3) is 22.1 Å². The van der Waals surface area contributed by atoms with Crippen LogP contribution in [0.4, 0.5) is 11.5 Å². The molecule has 9 heteroatoms. The lowest BCUT2D eigenvalue weighted by Gasteiger charge is -2.12. The van der Waals surface area contributed by atoms with Crippen molar-refractivity contribution < 1.29 is 0 Å². The van der Waals surface area contributed by atoms with E-state index >= 15 is 0 Å². The van der Waals surface area contributed by atoms with Gasteiger partial charge in [0, 0.05) is 49.5 Å². The number of pyridine rings is 1. The monoisotopic (exact) mass is 401 g/mol. The lowest BCUT2D eigenvalue weighted by Crippen LogP contribution is -2.13. The molecule has 0 aliphatic rings. The molecule has 0 unspecified atom stereocenters. The van der Waals surface area contributed by atoms with Gasteiger partial charge in [-0.25, -0.2) is 4.98 Å². The summed E-state index contributed by atoms with van der Waals surface area (Å²) in [5.41, 5.74) is 3.30. The Labute approximate surface area is 166 Å². The Balaban J connectivity index is 1.57. The van der Waals surface area contributed by atoms with E-state index in [-0.39, 0.29) is 5.28 Å². The molecule has 0 aliphatic heterocycles. The van der Waals surface area contributed by atoms with Crippen LogP contribution >= 0.6 is 23.2 Å². The van der Waals surface area contributed by atoms with Gasteiger partial charge in [-0.3, -0.25) is 4.98 Å². The van der Waals surface area contributed by atoms with Crippen LogP contribution in [0.5, 0.6) is 0 Å². The molecule has 0 bridgehead atoms. The van der Waals surface area contributed by atoms with Gasteiger partial charge < -0.3 is 14.8 Å². The highest BCUT2D eigenvalue weighted by molar-refractivity contribution is 6.31. The standard InChI is InChI=1S/C18H17Cl2N7/c1-26(2)16-15-17(25-18(20)24-16)27(10-23-15)8-7-22-13-5-6-21-14-9-11(19)3-4-12(13)14/h3-6,9-10H,7-8H2,1-2H3,(H,21,22). The van der Waals surface area contributed by atoms with E-state index in [1.54, 1.807) is 12.5 Å². The summed E-state index contributed by atoms with van der Waals surface area (Å²) in [5.74, 6) is 0.703. The molecule has 0 amide bonds. The maximum absolute atomic E-state index is 6.08. The number of rotatable bonds is 5. The molecule has 0 saturated carbocycles. The van der Waals surface area contributed by atoms with Gasteiger partial charge in [0.05, 0.1) is 11.8 Å². The van der Waals surface area contributed by atoms with Crippen LogP contribution < -0.4 is 10.2 Å². The number of hydrogen-bond acceptors (Lipinski definition) is 6. The van der Waals surface area contributed by atoms with Gasteiger partial charge in [0.1, 0.15) is 0 Å². The Morgan fingerprint density at radius 1 is 1.11 bits per heavy atom. The molecule has 1 aromatic carbocycles. The van der Waals surface area contributed by atoms with E-state index < -0.39 is 0 Å². The van der Waals surface area contributed by atoms with Crippen LogP contribution in [-0.4, -0.2) is 45.1 Å². The second-order valence-electron chi connectivity index (χ2n) is 6.27. The summed E-state index contributed by atoms with van der Waals surface area (Å²) in [6.07, 6.45) is 3.53. The molecular formula is C18H17Cl2N7. The molecule has 0 spiro atoms. The summed E-state index contributed by atoms with van der Waals surface area (Å²) in [4.78, 5) is 19.3. The van der Waals surface area contributed by atoms with Crippen molar-refractivity contribution in [1.29, 1.82) is 0 Å². The van der Waals surface area contributed by atoms with Crippen molar-refractivity contribution >= 4 is 56.8 Å².